The molecule has 18 heavy (non-hydrogen) atoms. The van der Waals surface area contributed by atoms with E-state index in [0.717, 1.165) is 19.6 Å². The highest BCUT2D eigenvalue weighted by molar-refractivity contribution is 4.98. The quantitative estimate of drug-likeness (QED) is 0.863. The van der Waals surface area contributed by atoms with Crippen molar-refractivity contribution >= 4 is 0 Å². The van der Waals surface area contributed by atoms with E-state index < -0.39 is 6.10 Å². The van der Waals surface area contributed by atoms with Crippen molar-refractivity contribution < 1.29 is 14.4 Å². The van der Waals surface area contributed by atoms with E-state index in [4.69, 9.17) is 9.26 Å². The number of aliphatic hydroxyl groups excluding tert-OH is 1. The van der Waals surface area contributed by atoms with Crippen LogP contribution >= 0.6 is 0 Å². The van der Waals surface area contributed by atoms with Crippen LogP contribution in [-0.2, 0) is 4.74 Å². The first-order valence-corrected chi connectivity index (χ1v) is 6.47. The van der Waals surface area contributed by atoms with E-state index >= 15 is 0 Å². The molecule has 0 aliphatic carbocycles. The van der Waals surface area contributed by atoms with Crippen molar-refractivity contribution in [3.8, 4) is 0 Å². The molecule has 1 aromatic heterocycles. The average Bonchev–Trinajstić information content (AvgIpc) is 2.87. The third-order valence-electron chi connectivity index (χ3n) is 3.46. The summed E-state index contributed by atoms with van der Waals surface area (Å²) >= 11 is 0. The van der Waals surface area contributed by atoms with Gasteiger partial charge >= 0.3 is 0 Å². The standard InChI is InChI=1S/C12H21N3O3/c1-4-15-5-6-17-10(7-15)11-13-12(18-14-11)8(2)9(3)16/h8-10,16H,4-7H2,1-3H3. The van der Waals surface area contributed by atoms with E-state index in [0.29, 0.717) is 18.3 Å². The number of likely N-dealkylation sites (N-methyl/N-ethyl adjacent to an activating group) is 1. The normalized spacial score (nSPS) is 25.0. The number of hydrogen-bond acceptors (Lipinski definition) is 6. The molecule has 1 aliphatic rings. The van der Waals surface area contributed by atoms with Gasteiger partial charge in [0.05, 0.1) is 18.6 Å². The van der Waals surface area contributed by atoms with Gasteiger partial charge in [0.15, 0.2) is 0 Å². The van der Waals surface area contributed by atoms with Crippen LogP contribution in [0.3, 0.4) is 0 Å². The smallest absolute Gasteiger partial charge is 0.232 e. The Balaban J connectivity index is 2.05. The zero-order valence-electron chi connectivity index (χ0n) is 11.2. The van der Waals surface area contributed by atoms with Crippen LogP contribution in [0, 0.1) is 0 Å². The molecule has 0 bridgehead atoms. The Morgan fingerprint density at radius 3 is 2.94 bits per heavy atom. The lowest BCUT2D eigenvalue weighted by molar-refractivity contribution is -0.0334. The molecule has 102 valence electrons. The van der Waals surface area contributed by atoms with Crippen molar-refractivity contribution in [2.45, 2.75) is 38.9 Å². The molecule has 1 aliphatic heterocycles. The van der Waals surface area contributed by atoms with E-state index in [9.17, 15) is 5.11 Å². The predicted octanol–water partition coefficient (Wildman–Crippen LogP) is 0.947. The van der Waals surface area contributed by atoms with Crippen LogP contribution in [0.4, 0.5) is 0 Å². The largest absolute Gasteiger partial charge is 0.393 e. The summed E-state index contributed by atoms with van der Waals surface area (Å²) in [5.74, 6) is 0.894. The highest BCUT2D eigenvalue weighted by atomic mass is 16.5. The third-order valence-corrected chi connectivity index (χ3v) is 3.46. The third kappa shape index (κ3) is 2.88. The van der Waals surface area contributed by atoms with Crippen molar-refractivity contribution in [3.63, 3.8) is 0 Å². The fourth-order valence-electron chi connectivity index (χ4n) is 1.92. The summed E-state index contributed by atoms with van der Waals surface area (Å²) in [5.41, 5.74) is 0. The molecule has 1 fully saturated rings. The van der Waals surface area contributed by atoms with Crippen molar-refractivity contribution in [2.75, 3.05) is 26.2 Å². The number of aromatic nitrogens is 2. The first-order valence-electron chi connectivity index (χ1n) is 6.47. The van der Waals surface area contributed by atoms with Gasteiger partial charge in [0.1, 0.15) is 6.10 Å². The van der Waals surface area contributed by atoms with Gasteiger partial charge in [0.25, 0.3) is 0 Å². The zero-order chi connectivity index (χ0) is 13.1. The minimum atomic E-state index is -0.502. The zero-order valence-corrected chi connectivity index (χ0v) is 11.2. The first kappa shape index (κ1) is 13.5. The van der Waals surface area contributed by atoms with Gasteiger partial charge in [0.2, 0.25) is 11.7 Å². The van der Waals surface area contributed by atoms with Gasteiger partial charge in [-0.25, -0.2) is 0 Å². The molecule has 3 unspecified atom stereocenters. The number of aliphatic hydroxyl groups is 1. The molecule has 0 spiro atoms. The molecular weight excluding hydrogens is 234 g/mol. The summed E-state index contributed by atoms with van der Waals surface area (Å²) in [6.45, 7) is 9.12. The van der Waals surface area contributed by atoms with Crippen LogP contribution in [0.1, 0.15) is 44.5 Å². The summed E-state index contributed by atoms with van der Waals surface area (Å²) < 4.78 is 10.9. The number of ether oxygens (including phenoxy) is 1. The Morgan fingerprint density at radius 1 is 1.50 bits per heavy atom. The maximum Gasteiger partial charge on any atom is 0.232 e. The molecule has 6 nitrogen and oxygen atoms in total. The number of nitrogens with zero attached hydrogens (tertiary/aromatic N) is 3. The Morgan fingerprint density at radius 2 is 2.28 bits per heavy atom. The van der Waals surface area contributed by atoms with Gasteiger partial charge in [-0.15, -0.1) is 0 Å². The van der Waals surface area contributed by atoms with Crippen molar-refractivity contribution in [1.82, 2.24) is 15.0 Å². The maximum absolute atomic E-state index is 9.51. The Hall–Kier alpha value is -0.980. The summed E-state index contributed by atoms with van der Waals surface area (Å²) in [4.78, 5) is 6.63. The van der Waals surface area contributed by atoms with Crippen LogP contribution in [0.5, 0.6) is 0 Å². The summed E-state index contributed by atoms with van der Waals surface area (Å²) in [6.07, 6.45) is -0.630. The van der Waals surface area contributed by atoms with Crippen molar-refractivity contribution in [3.05, 3.63) is 11.7 Å². The van der Waals surface area contributed by atoms with E-state index in [1.165, 1.54) is 0 Å². The molecule has 0 aromatic carbocycles. The van der Waals surface area contributed by atoms with E-state index in [1.54, 1.807) is 6.92 Å². The number of hydrogen-bond donors (Lipinski definition) is 1. The van der Waals surface area contributed by atoms with Gasteiger partial charge in [-0.2, -0.15) is 4.98 Å². The van der Waals surface area contributed by atoms with E-state index in [2.05, 4.69) is 22.0 Å². The molecule has 3 atom stereocenters. The van der Waals surface area contributed by atoms with E-state index in [1.807, 2.05) is 6.92 Å². The SMILES string of the molecule is CCN1CCOC(c2noc(C(C)C(C)O)n2)C1. The van der Waals surface area contributed by atoms with Crippen LogP contribution in [0.25, 0.3) is 0 Å². The maximum atomic E-state index is 9.51. The van der Waals surface area contributed by atoms with Gasteiger partial charge < -0.3 is 14.4 Å². The van der Waals surface area contributed by atoms with E-state index in [-0.39, 0.29) is 12.0 Å². The Bertz CT molecular complexity index is 380. The van der Waals surface area contributed by atoms with Gasteiger partial charge in [-0.1, -0.05) is 19.0 Å². The second kappa shape index (κ2) is 5.77. The van der Waals surface area contributed by atoms with Crippen molar-refractivity contribution in [1.29, 1.82) is 0 Å². The van der Waals surface area contributed by atoms with Gasteiger partial charge in [-0.05, 0) is 13.5 Å². The topological polar surface area (TPSA) is 71.6 Å². The summed E-state index contributed by atoms with van der Waals surface area (Å²) in [5, 5.41) is 13.5. The molecular formula is C12H21N3O3. The average molecular weight is 255 g/mol. The lowest BCUT2D eigenvalue weighted by atomic mass is 10.1. The molecule has 0 saturated carbocycles. The Kier molecular flexibility index (Phi) is 4.31. The van der Waals surface area contributed by atoms with Crippen LogP contribution in [0.15, 0.2) is 4.52 Å². The fourth-order valence-corrected chi connectivity index (χ4v) is 1.92. The molecule has 1 aromatic rings. The Labute approximate surface area is 107 Å². The second-order valence-corrected chi connectivity index (χ2v) is 4.77. The number of rotatable bonds is 4. The minimum absolute atomic E-state index is 0.127. The lowest BCUT2D eigenvalue weighted by Gasteiger charge is -2.30. The second-order valence-electron chi connectivity index (χ2n) is 4.77. The molecule has 1 saturated heterocycles. The fraction of sp³-hybridized carbons (Fsp3) is 0.833. The molecule has 6 heteroatoms. The molecule has 0 radical (unpaired) electrons. The molecule has 0 amide bonds. The van der Waals surface area contributed by atoms with Crippen LogP contribution in [-0.4, -0.2) is 52.5 Å². The highest BCUT2D eigenvalue weighted by Crippen LogP contribution is 2.23. The molecule has 2 heterocycles. The monoisotopic (exact) mass is 255 g/mol. The first-order chi connectivity index (χ1) is 8.61. The molecule has 1 N–H and O–H groups in total. The van der Waals surface area contributed by atoms with Crippen LogP contribution < -0.4 is 0 Å². The van der Waals surface area contributed by atoms with Crippen molar-refractivity contribution in [2.24, 2.45) is 0 Å². The minimum Gasteiger partial charge on any atom is -0.393 e. The lowest BCUT2D eigenvalue weighted by Crippen LogP contribution is -2.38. The summed E-state index contributed by atoms with van der Waals surface area (Å²) in [6, 6.07) is 0. The molecule has 2 rings (SSSR count). The van der Waals surface area contributed by atoms with Gasteiger partial charge in [0, 0.05) is 13.1 Å². The summed E-state index contributed by atoms with van der Waals surface area (Å²) in [7, 11) is 0. The predicted molar refractivity (Wildman–Crippen MR) is 65.2 cm³/mol. The van der Waals surface area contributed by atoms with Gasteiger partial charge in [-0.3, -0.25) is 4.90 Å². The van der Waals surface area contributed by atoms with Crippen LogP contribution in [0.2, 0.25) is 0 Å². The number of morpholine rings is 1. The highest BCUT2D eigenvalue weighted by Gasteiger charge is 2.27.